The Balaban J connectivity index is 1.46. The zero-order valence-electron chi connectivity index (χ0n) is 13.7. The summed E-state index contributed by atoms with van der Waals surface area (Å²) >= 11 is 0. The lowest BCUT2D eigenvalue weighted by atomic mass is 10.1. The highest BCUT2D eigenvalue weighted by molar-refractivity contribution is 5.78. The fraction of sp³-hybridized carbons (Fsp3) is 0.688. The number of rotatable bonds is 4. The number of carbonyl (C=O) groups excluding carboxylic acids is 1. The molecule has 1 atom stereocenters. The van der Waals surface area contributed by atoms with Gasteiger partial charge in [0.05, 0.1) is 12.6 Å². The van der Waals surface area contributed by atoms with Gasteiger partial charge in [-0.25, -0.2) is 9.97 Å². The number of amides is 1. The quantitative estimate of drug-likeness (QED) is 0.792. The standard InChI is InChI=1S/C16H25N5O2/c1-23-14-4-2-7-21(12-14)15(22)13-19-8-10-20(11-9-19)16-17-5-3-6-18-16/h3,5-6,14H,2,4,7-13H2,1H3/t14-/m1/s1. The molecule has 0 aliphatic carbocycles. The van der Waals surface area contributed by atoms with Crippen LogP contribution < -0.4 is 4.90 Å². The highest BCUT2D eigenvalue weighted by atomic mass is 16.5. The molecule has 1 amide bonds. The number of hydrogen-bond acceptors (Lipinski definition) is 6. The van der Waals surface area contributed by atoms with E-state index in [0.717, 1.165) is 58.1 Å². The molecular weight excluding hydrogens is 294 g/mol. The van der Waals surface area contributed by atoms with Gasteiger partial charge >= 0.3 is 0 Å². The lowest BCUT2D eigenvalue weighted by Crippen LogP contribution is -2.52. The van der Waals surface area contributed by atoms with Crippen molar-refractivity contribution in [2.24, 2.45) is 0 Å². The summed E-state index contributed by atoms with van der Waals surface area (Å²) < 4.78 is 5.40. The molecule has 2 aliphatic heterocycles. The van der Waals surface area contributed by atoms with Crippen molar-refractivity contribution in [3.8, 4) is 0 Å². The molecule has 2 fully saturated rings. The molecule has 2 aliphatic rings. The molecule has 7 nitrogen and oxygen atoms in total. The average Bonchev–Trinajstić information content (AvgIpc) is 2.63. The fourth-order valence-electron chi connectivity index (χ4n) is 3.21. The maximum atomic E-state index is 12.5. The number of aromatic nitrogens is 2. The van der Waals surface area contributed by atoms with Crippen LogP contribution in [0.5, 0.6) is 0 Å². The van der Waals surface area contributed by atoms with E-state index in [0.29, 0.717) is 6.54 Å². The Bertz CT molecular complexity index is 504. The van der Waals surface area contributed by atoms with Crippen molar-refractivity contribution in [1.82, 2.24) is 19.8 Å². The zero-order chi connectivity index (χ0) is 16.1. The summed E-state index contributed by atoms with van der Waals surface area (Å²) in [7, 11) is 1.73. The molecule has 0 saturated carbocycles. The lowest BCUT2D eigenvalue weighted by Gasteiger charge is -2.37. The molecule has 0 radical (unpaired) electrons. The number of ether oxygens (including phenoxy) is 1. The van der Waals surface area contributed by atoms with Crippen LogP contribution >= 0.6 is 0 Å². The number of anilines is 1. The number of piperazine rings is 1. The highest BCUT2D eigenvalue weighted by Gasteiger charge is 2.26. The van der Waals surface area contributed by atoms with Crippen LogP contribution in [-0.4, -0.2) is 84.7 Å². The largest absolute Gasteiger partial charge is 0.380 e. The topological polar surface area (TPSA) is 61.8 Å². The smallest absolute Gasteiger partial charge is 0.236 e. The van der Waals surface area contributed by atoms with Gasteiger partial charge in [-0.05, 0) is 18.9 Å². The maximum absolute atomic E-state index is 12.5. The van der Waals surface area contributed by atoms with E-state index in [1.54, 1.807) is 19.5 Å². The molecule has 0 aromatic carbocycles. The predicted octanol–water partition coefficient (Wildman–Crippen LogP) is 0.236. The molecule has 0 unspecified atom stereocenters. The number of piperidine rings is 1. The molecule has 0 spiro atoms. The van der Waals surface area contributed by atoms with E-state index in [9.17, 15) is 4.79 Å². The first kappa shape index (κ1) is 16.1. The van der Waals surface area contributed by atoms with Gasteiger partial charge in [0.1, 0.15) is 0 Å². The van der Waals surface area contributed by atoms with Crippen molar-refractivity contribution in [2.75, 3.05) is 57.8 Å². The van der Waals surface area contributed by atoms with Gasteiger partial charge in [-0.2, -0.15) is 0 Å². The SMILES string of the molecule is CO[C@@H]1CCCN(C(=O)CN2CCN(c3ncccn3)CC2)C1. The molecule has 0 bridgehead atoms. The van der Waals surface area contributed by atoms with Crippen LogP contribution in [0.4, 0.5) is 5.95 Å². The second kappa shape index (κ2) is 7.70. The third kappa shape index (κ3) is 4.17. The Labute approximate surface area is 137 Å². The second-order valence-corrected chi connectivity index (χ2v) is 6.15. The normalized spacial score (nSPS) is 23.1. The Morgan fingerprint density at radius 1 is 1.22 bits per heavy atom. The fourth-order valence-corrected chi connectivity index (χ4v) is 3.21. The van der Waals surface area contributed by atoms with E-state index >= 15 is 0 Å². The van der Waals surface area contributed by atoms with Crippen LogP contribution in [0.15, 0.2) is 18.5 Å². The Morgan fingerprint density at radius 2 is 1.96 bits per heavy atom. The number of likely N-dealkylation sites (tertiary alicyclic amines) is 1. The summed E-state index contributed by atoms with van der Waals surface area (Å²) in [4.78, 5) is 27.4. The third-order valence-electron chi connectivity index (χ3n) is 4.63. The van der Waals surface area contributed by atoms with Gasteiger partial charge in [0.15, 0.2) is 0 Å². The van der Waals surface area contributed by atoms with Crippen molar-refractivity contribution in [1.29, 1.82) is 0 Å². The first-order valence-electron chi connectivity index (χ1n) is 8.31. The van der Waals surface area contributed by atoms with E-state index in [4.69, 9.17) is 4.74 Å². The van der Waals surface area contributed by atoms with Gasteiger partial charge in [0, 0.05) is 58.8 Å². The van der Waals surface area contributed by atoms with Crippen LogP contribution in [-0.2, 0) is 9.53 Å². The number of hydrogen-bond donors (Lipinski definition) is 0. The molecule has 1 aromatic rings. The number of methoxy groups -OCH3 is 1. The molecule has 126 valence electrons. The van der Waals surface area contributed by atoms with Crippen molar-refractivity contribution >= 4 is 11.9 Å². The maximum Gasteiger partial charge on any atom is 0.236 e. The van der Waals surface area contributed by atoms with Crippen LogP contribution in [0.1, 0.15) is 12.8 Å². The summed E-state index contributed by atoms with van der Waals surface area (Å²) in [6.45, 7) is 5.54. The zero-order valence-corrected chi connectivity index (χ0v) is 13.7. The van der Waals surface area contributed by atoms with E-state index in [1.165, 1.54) is 0 Å². The first-order valence-corrected chi connectivity index (χ1v) is 8.31. The second-order valence-electron chi connectivity index (χ2n) is 6.15. The first-order chi connectivity index (χ1) is 11.3. The lowest BCUT2D eigenvalue weighted by molar-refractivity contribution is -0.136. The van der Waals surface area contributed by atoms with E-state index in [-0.39, 0.29) is 12.0 Å². The summed E-state index contributed by atoms with van der Waals surface area (Å²) in [5.41, 5.74) is 0. The Morgan fingerprint density at radius 3 is 2.65 bits per heavy atom. The predicted molar refractivity (Wildman–Crippen MR) is 87.3 cm³/mol. The van der Waals surface area contributed by atoms with E-state index in [2.05, 4.69) is 19.8 Å². The highest BCUT2D eigenvalue weighted by Crippen LogP contribution is 2.14. The Kier molecular flexibility index (Phi) is 5.40. The summed E-state index contributed by atoms with van der Waals surface area (Å²) in [6.07, 6.45) is 5.81. The molecule has 3 rings (SSSR count). The monoisotopic (exact) mass is 319 g/mol. The molecule has 23 heavy (non-hydrogen) atoms. The van der Waals surface area contributed by atoms with Crippen molar-refractivity contribution in [3.05, 3.63) is 18.5 Å². The van der Waals surface area contributed by atoms with Gasteiger partial charge < -0.3 is 14.5 Å². The minimum absolute atomic E-state index is 0.194. The minimum Gasteiger partial charge on any atom is -0.380 e. The van der Waals surface area contributed by atoms with Crippen molar-refractivity contribution in [2.45, 2.75) is 18.9 Å². The number of carbonyl (C=O) groups is 1. The number of nitrogens with zero attached hydrogens (tertiary/aromatic N) is 5. The van der Waals surface area contributed by atoms with Crippen LogP contribution in [0.25, 0.3) is 0 Å². The summed E-state index contributed by atoms with van der Waals surface area (Å²) in [5, 5.41) is 0. The Hall–Kier alpha value is -1.73. The molecule has 7 heteroatoms. The summed E-state index contributed by atoms with van der Waals surface area (Å²) in [6, 6.07) is 1.82. The van der Waals surface area contributed by atoms with E-state index < -0.39 is 0 Å². The van der Waals surface area contributed by atoms with Crippen LogP contribution in [0, 0.1) is 0 Å². The molecular formula is C16H25N5O2. The minimum atomic E-state index is 0.194. The van der Waals surface area contributed by atoms with Gasteiger partial charge in [0.2, 0.25) is 11.9 Å². The average molecular weight is 319 g/mol. The van der Waals surface area contributed by atoms with Crippen LogP contribution in [0.2, 0.25) is 0 Å². The van der Waals surface area contributed by atoms with Crippen LogP contribution in [0.3, 0.4) is 0 Å². The van der Waals surface area contributed by atoms with Gasteiger partial charge in [-0.3, -0.25) is 9.69 Å². The molecule has 3 heterocycles. The molecule has 0 N–H and O–H groups in total. The van der Waals surface area contributed by atoms with Crippen molar-refractivity contribution in [3.63, 3.8) is 0 Å². The van der Waals surface area contributed by atoms with Crippen molar-refractivity contribution < 1.29 is 9.53 Å². The molecule has 1 aromatic heterocycles. The molecule has 2 saturated heterocycles. The van der Waals surface area contributed by atoms with E-state index in [1.807, 2.05) is 11.0 Å². The summed E-state index contributed by atoms with van der Waals surface area (Å²) in [5.74, 6) is 0.994. The van der Waals surface area contributed by atoms with Gasteiger partial charge in [-0.1, -0.05) is 0 Å². The van der Waals surface area contributed by atoms with Gasteiger partial charge in [0.25, 0.3) is 0 Å². The third-order valence-corrected chi connectivity index (χ3v) is 4.63. The van der Waals surface area contributed by atoms with Gasteiger partial charge in [-0.15, -0.1) is 0 Å².